The van der Waals surface area contributed by atoms with Crippen molar-refractivity contribution in [1.82, 2.24) is 15.3 Å². The van der Waals surface area contributed by atoms with Crippen molar-refractivity contribution in [2.45, 2.75) is 57.4 Å². The van der Waals surface area contributed by atoms with Gasteiger partial charge < -0.3 is 15.6 Å². The molecule has 2 amide bonds. The molecule has 2 aromatic carbocycles. The molecule has 0 aliphatic heterocycles. The van der Waals surface area contributed by atoms with Gasteiger partial charge in [-0.25, -0.2) is 4.98 Å². The Morgan fingerprint density at radius 1 is 0.903 bits per heavy atom. The second-order valence-corrected chi connectivity index (χ2v) is 8.82. The molecule has 1 heterocycles. The second kappa shape index (κ2) is 8.53. The molecule has 0 radical (unpaired) electrons. The van der Waals surface area contributed by atoms with Gasteiger partial charge in [-0.3, -0.25) is 9.59 Å². The number of aromatic amines is 1. The fourth-order valence-electron chi connectivity index (χ4n) is 4.77. The van der Waals surface area contributed by atoms with Crippen molar-refractivity contribution < 1.29 is 9.59 Å². The number of rotatable bonds is 5. The highest BCUT2D eigenvalue weighted by Crippen LogP contribution is 2.27. The van der Waals surface area contributed by atoms with Crippen molar-refractivity contribution >= 4 is 28.5 Å². The number of H-pyrrole nitrogens is 1. The van der Waals surface area contributed by atoms with Gasteiger partial charge in [0.1, 0.15) is 5.82 Å². The number of nitrogens with zero attached hydrogens (tertiary/aromatic N) is 1. The number of fused-ring (bicyclic) bond motifs is 1. The first-order valence-electron chi connectivity index (χ1n) is 11.4. The van der Waals surface area contributed by atoms with E-state index in [0.29, 0.717) is 11.6 Å². The maximum absolute atomic E-state index is 12.6. The number of hydrogen-bond acceptors (Lipinski definition) is 3. The lowest BCUT2D eigenvalue weighted by Gasteiger charge is -2.11. The minimum Gasteiger partial charge on any atom is -0.349 e. The zero-order chi connectivity index (χ0) is 21.2. The fourth-order valence-corrected chi connectivity index (χ4v) is 4.77. The third kappa shape index (κ3) is 4.33. The van der Waals surface area contributed by atoms with Crippen molar-refractivity contribution in [2.75, 3.05) is 5.32 Å². The normalized spacial score (nSPS) is 17.3. The zero-order valence-corrected chi connectivity index (χ0v) is 17.6. The van der Waals surface area contributed by atoms with E-state index in [1.54, 1.807) is 0 Å². The van der Waals surface area contributed by atoms with Crippen LogP contribution in [0, 0.1) is 5.92 Å². The van der Waals surface area contributed by atoms with Crippen LogP contribution < -0.4 is 10.6 Å². The van der Waals surface area contributed by atoms with Crippen LogP contribution in [0.5, 0.6) is 0 Å². The topological polar surface area (TPSA) is 86.9 Å². The molecule has 0 saturated heterocycles. The lowest BCUT2D eigenvalue weighted by molar-refractivity contribution is -0.119. The molecular formula is C25H28N4O2. The summed E-state index contributed by atoms with van der Waals surface area (Å²) in [4.78, 5) is 32.9. The zero-order valence-electron chi connectivity index (χ0n) is 17.6. The molecule has 0 unspecified atom stereocenters. The summed E-state index contributed by atoms with van der Waals surface area (Å²) in [7, 11) is 0. The maximum atomic E-state index is 12.6. The number of imidazole rings is 1. The van der Waals surface area contributed by atoms with E-state index in [1.165, 1.54) is 12.8 Å². The van der Waals surface area contributed by atoms with Crippen molar-refractivity contribution in [1.29, 1.82) is 0 Å². The van der Waals surface area contributed by atoms with E-state index in [1.807, 2.05) is 42.5 Å². The van der Waals surface area contributed by atoms with Gasteiger partial charge in [0.2, 0.25) is 5.91 Å². The van der Waals surface area contributed by atoms with Crippen molar-refractivity contribution in [3.05, 3.63) is 48.0 Å². The third-order valence-corrected chi connectivity index (χ3v) is 6.59. The van der Waals surface area contributed by atoms with E-state index in [2.05, 4.69) is 20.6 Å². The van der Waals surface area contributed by atoms with Crippen LogP contribution in [-0.2, 0) is 4.79 Å². The number of aromatic nitrogens is 2. The SMILES string of the molecule is O=C(NC1CCCC1)c1ccc2nc(-c3ccc(NC(=O)C4CCCC4)cc3)[nH]c2c1. The first kappa shape index (κ1) is 19.8. The molecule has 0 bridgehead atoms. The van der Waals surface area contributed by atoms with Crippen LogP contribution in [0.2, 0.25) is 0 Å². The van der Waals surface area contributed by atoms with Gasteiger partial charge in [0.05, 0.1) is 11.0 Å². The quantitative estimate of drug-likeness (QED) is 0.545. The number of anilines is 1. The molecule has 31 heavy (non-hydrogen) atoms. The first-order chi connectivity index (χ1) is 15.2. The van der Waals surface area contributed by atoms with E-state index in [4.69, 9.17) is 0 Å². The number of nitrogens with one attached hydrogen (secondary N) is 3. The highest BCUT2D eigenvalue weighted by Gasteiger charge is 2.22. The van der Waals surface area contributed by atoms with Crippen LogP contribution >= 0.6 is 0 Å². The predicted molar refractivity (Wildman–Crippen MR) is 122 cm³/mol. The number of benzene rings is 2. The summed E-state index contributed by atoms with van der Waals surface area (Å²) in [6.45, 7) is 0. The Balaban J connectivity index is 1.29. The summed E-state index contributed by atoms with van der Waals surface area (Å²) >= 11 is 0. The van der Waals surface area contributed by atoms with Crippen LogP contribution in [0.1, 0.15) is 61.7 Å². The van der Waals surface area contributed by atoms with Gasteiger partial charge in [-0.15, -0.1) is 0 Å². The molecule has 3 aromatic rings. The molecule has 2 saturated carbocycles. The van der Waals surface area contributed by atoms with Crippen molar-refractivity contribution in [2.24, 2.45) is 5.92 Å². The van der Waals surface area contributed by atoms with Gasteiger partial charge in [-0.1, -0.05) is 25.7 Å². The summed E-state index contributed by atoms with van der Waals surface area (Å²) in [6.07, 6.45) is 8.79. The number of carbonyl (C=O) groups excluding carboxylic acids is 2. The standard InChI is InChI=1S/C25H28N4O2/c30-24(17-5-1-2-6-17)27-20-12-9-16(10-13-20)23-28-21-14-11-18(15-22(21)29-23)25(31)26-19-7-3-4-8-19/h9-15,17,19H,1-8H2,(H,26,31)(H,27,30)(H,28,29). The van der Waals surface area contributed by atoms with Gasteiger partial charge in [-0.05, 0) is 68.1 Å². The lowest BCUT2D eigenvalue weighted by Crippen LogP contribution is -2.32. The average molecular weight is 417 g/mol. The van der Waals surface area contributed by atoms with Gasteiger partial charge in [0, 0.05) is 28.8 Å². The second-order valence-electron chi connectivity index (χ2n) is 8.82. The van der Waals surface area contributed by atoms with Crippen LogP contribution in [0.25, 0.3) is 22.4 Å². The number of amides is 2. The molecular weight excluding hydrogens is 388 g/mol. The van der Waals surface area contributed by atoms with Crippen LogP contribution in [-0.4, -0.2) is 27.8 Å². The number of hydrogen-bond donors (Lipinski definition) is 3. The Kier molecular flexibility index (Phi) is 5.45. The maximum Gasteiger partial charge on any atom is 0.251 e. The van der Waals surface area contributed by atoms with E-state index < -0.39 is 0 Å². The van der Waals surface area contributed by atoms with Gasteiger partial charge in [-0.2, -0.15) is 0 Å². The largest absolute Gasteiger partial charge is 0.349 e. The van der Waals surface area contributed by atoms with Crippen molar-refractivity contribution in [3.8, 4) is 11.4 Å². The Morgan fingerprint density at radius 2 is 1.61 bits per heavy atom. The molecule has 5 rings (SSSR count). The lowest BCUT2D eigenvalue weighted by atomic mass is 10.1. The first-order valence-corrected chi connectivity index (χ1v) is 11.4. The smallest absolute Gasteiger partial charge is 0.251 e. The molecule has 2 aliphatic carbocycles. The van der Waals surface area contributed by atoms with Crippen molar-refractivity contribution in [3.63, 3.8) is 0 Å². The molecule has 1 aromatic heterocycles. The van der Waals surface area contributed by atoms with Gasteiger partial charge >= 0.3 is 0 Å². The fraction of sp³-hybridized carbons (Fsp3) is 0.400. The van der Waals surface area contributed by atoms with Crippen LogP contribution in [0.15, 0.2) is 42.5 Å². The van der Waals surface area contributed by atoms with Gasteiger partial charge in [0.25, 0.3) is 5.91 Å². The monoisotopic (exact) mass is 416 g/mol. The van der Waals surface area contributed by atoms with E-state index in [-0.39, 0.29) is 17.7 Å². The molecule has 0 atom stereocenters. The molecule has 6 heteroatoms. The van der Waals surface area contributed by atoms with E-state index in [9.17, 15) is 9.59 Å². The van der Waals surface area contributed by atoms with Crippen LogP contribution in [0.3, 0.4) is 0 Å². The summed E-state index contributed by atoms with van der Waals surface area (Å²) < 4.78 is 0. The highest BCUT2D eigenvalue weighted by atomic mass is 16.2. The summed E-state index contributed by atoms with van der Waals surface area (Å²) in [5, 5.41) is 6.16. The Bertz CT molecular complexity index is 1090. The minimum absolute atomic E-state index is 0.0210. The number of carbonyl (C=O) groups is 2. The molecule has 2 aliphatic rings. The summed E-state index contributed by atoms with van der Waals surface area (Å²) in [5.41, 5.74) is 4.06. The van der Waals surface area contributed by atoms with Gasteiger partial charge in [0.15, 0.2) is 0 Å². The Labute approximate surface area is 181 Å². The van der Waals surface area contributed by atoms with Crippen LogP contribution in [0.4, 0.5) is 5.69 Å². The molecule has 0 spiro atoms. The predicted octanol–water partition coefficient (Wildman–Crippen LogP) is 5.03. The third-order valence-electron chi connectivity index (χ3n) is 6.59. The average Bonchev–Trinajstić information content (AvgIpc) is 3.54. The van der Waals surface area contributed by atoms with E-state index >= 15 is 0 Å². The van der Waals surface area contributed by atoms with E-state index in [0.717, 1.165) is 66.6 Å². The molecule has 6 nitrogen and oxygen atoms in total. The minimum atomic E-state index is -0.0210. The molecule has 2 fully saturated rings. The Hall–Kier alpha value is -3.15. The molecule has 160 valence electrons. The summed E-state index contributed by atoms with van der Waals surface area (Å²) in [5.74, 6) is 0.997. The molecule has 3 N–H and O–H groups in total. The summed E-state index contributed by atoms with van der Waals surface area (Å²) in [6, 6.07) is 13.6. The highest BCUT2D eigenvalue weighted by molar-refractivity contribution is 5.98. The Morgan fingerprint density at radius 3 is 2.35 bits per heavy atom.